The molecule has 0 heterocycles. The molecule has 0 aliphatic carbocycles. The van der Waals surface area contributed by atoms with Gasteiger partial charge in [0.2, 0.25) is 0 Å². The molecule has 3 N–H and O–H groups in total. The molecule has 0 spiro atoms. The minimum Gasteiger partial charge on any atom is -0.480 e. The summed E-state index contributed by atoms with van der Waals surface area (Å²) in [5.74, 6) is -1.23. The van der Waals surface area contributed by atoms with Crippen LogP contribution < -0.4 is 5.73 Å². The van der Waals surface area contributed by atoms with Crippen molar-refractivity contribution in [1.29, 1.82) is 0 Å². The number of alkyl halides is 1. The van der Waals surface area contributed by atoms with E-state index >= 15 is 4.39 Å². The summed E-state index contributed by atoms with van der Waals surface area (Å²) in [4.78, 5) is 11.9. The molecular weight excluding hydrogens is 349 g/mol. The van der Waals surface area contributed by atoms with Crippen LogP contribution in [-0.2, 0) is 10.5 Å². The zero-order chi connectivity index (χ0) is 19.4. The summed E-state index contributed by atoms with van der Waals surface area (Å²) in [6.07, 6.45) is 0.714. The number of carboxylic acid groups (broad SMARTS) is 1. The average Bonchev–Trinajstić information content (AvgIpc) is 2.69. The lowest BCUT2D eigenvalue weighted by atomic mass is 9.58. The second kappa shape index (κ2) is 8.23. The maximum atomic E-state index is 17.2. The molecule has 0 aliphatic heterocycles. The van der Waals surface area contributed by atoms with Crippen LogP contribution in [0.3, 0.4) is 0 Å². The first-order valence-electron chi connectivity index (χ1n) is 8.82. The highest BCUT2D eigenvalue weighted by Gasteiger charge is 2.61. The molecule has 5 heteroatoms. The second-order valence-electron chi connectivity index (χ2n) is 6.52. The molecule has 2 aromatic rings. The van der Waals surface area contributed by atoms with Crippen LogP contribution in [0.25, 0.3) is 0 Å². The Hall–Kier alpha value is -1.85. The summed E-state index contributed by atoms with van der Waals surface area (Å²) in [5.41, 5.74) is 3.39. The van der Waals surface area contributed by atoms with Crippen molar-refractivity contribution in [2.45, 2.75) is 43.6 Å². The van der Waals surface area contributed by atoms with E-state index in [-0.39, 0.29) is 6.42 Å². The van der Waals surface area contributed by atoms with E-state index in [9.17, 15) is 9.90 Å². The largest absolute Gasteiger partial charge is 0.480 e. The van der Waals surface area contributed by atoms with Gasteiger partial charge in [0.15, 0.2) is 5.67 Å². The van der Waals surface area contributed by atoms with Gasteiger partial charge in [0, 0.05) is 5.25 Å². The fourth-order valence-electron chi connectivity index (χ4n) is 3.97. The zero-order valence-corrected chi connectivity index (χ0v) is 16.0. The first-order valence-corrected chi connectivity index (χ1v) is 9.34. The van der Waals surface area contributed by atoms with E-state index in [0.717, 1.165) is 0 Å². The van der Waals surface area contributed by atoms with Gasteiger partial charge in [-0.25, -0.2) is 4.39 Å². The third-order valence-corrected chi connectivity index (χ3v) is 6.20. The summed E-state index contributed by atoms with van der Waals surface area (Å²) in [6.45, 7) is 3.65. The molecule has 3 atom stereocenters. The van der Waals surface area contributed by atoms with Gasteiger partial charge in [-0.15, -0.1) is 0 Å². The highest BCUT2D eigenvalue weighted by Crippen LogP contribution is 2.56. The van der Waals surface area contributed by atoms with E-state index in [2.05, 4.69) is 12.6 Å². The first-order chi connectivity index (χ1) is 12.4. The number of hydrogen-bond acceptors (Lipinski definition) is 3. The summed E-state index contributed by atoms with van der Waals surface area (Å²) in [5, 5.41) is 9.17. The molecule has 140 valence electrons. The first kappa shape index (κ1) is 20.5. The summed E-state index contributed by atoms with van der Waals surface area (Å²) in [6, 6.07) is 15.9. The number of halogens is 1. The molecule has 0 fully saturated rings. The Morgan fingerprint density at radius 1 is 1.08 bits per heavy atom. The fraction of sp³-hybridized carbons (Fsp3) is 0.381. The van der Waals surface area contributed by atoms with Gasteiger partial charge in [-0.1, -0.05) is 74.5 Å². The van der Waals surface area contributed by atoms with Crippen LogP contribution >= 0.6 is 12.6 Å². The van der Waals surface area contributed by atoms with Crippen molar-refractivity contribution in [3.05, 3.63) is 71.8 Å². The molecule has 0 amide bonds. The van der Waals surface area contributed by atoms with Gasteiger partial charge in [0.1, 0.15) is 6.04 Å². The van der Waals surface area contributed by atoms with Crippen LogP contribution in [0.5, 0.6) is 0 Å². The lowest BCUT2D eigenvalue weighted by molar-refractivity contribution is -0.146. The highest BCUT2D eigenvalue weighted by atomic mass is 32.1. The Morgan fingerprint density at radius 3 is 1.81 bits per heavy atom. The number of carbonyl (C=O) groups is 1. The van der Waals surface area contributed by atoms with Crippen LogP contribution in [0.4, 0.5) is 4.39 Å². The van der Waals surface area contributed by atoms with E-state index in [1.54, 1.807) is 67.6 Å². The number of nitrogens with two attached hydrogens (primary N) is 1. The minimum atomic E-state index is -2.11. The normalized spacial score (nSPS) is 16.5. The molecule has 2 unspecified atom stereocenters. The number of hydrogen-bond donors (Lipinski definition) is 3. The number of rotatable bonds is 8. The Balaban J connectivity index is 2.89. The summed E-state index contributed by atoms with van der Waals surface area (Å²) in [7, 11) is 0. The smallest absolute Gasteiger partial charge is 0.321 e. The Morgan fingerprint density at radius 2 is 1.50 bits per heavy atom. The van der Waals surface area contributed by atoms with Gasteiger partial charge < -0.3 is 10.8 Å². The topological polar surface area (TPSA) is 63.3 Å². The van der Waals surface area contributed by atoms with Crippen molar-refractivity contribution in [2.24, 2.45) is 11.1 Å². The average molecular weight is 376 g/mol. The van der Waals surface area contributed by atoms with Crippen molar-refractivity contribution in [3.63, 3.8) is 0 Å². The van der Waals surface area contributed by atoms with Crippen molar-refractivity contribution in [3.8, 4) is 0 Å². The third-order valence-electron chi connectivity index (χ3n) is 5.37. The molecule has 0 saturated heterocycles. The molecule has 0 saturated carbocycles. The van der Waals surface area contributed by atoms with E-state index in [4.69, 9.17) is 5.73 Å². The van der Waals surface area contributed by atoms with Crippen LogP contribution in [-0.4, -0.2) is 22.4 Å². The van der Waals surface area contributed by atoms with Crippen molar-refractivity contribution >= 4 is 18.6 Å². The molecule has 3 nitrogen and oxygen atoms in total. The maximum Gasteiger partial charge on any atom is 0.321 e. The maximum absolute atomic E-state index is 17.2. The number of aliphatic carboxylic acids is 1. The molecule has 26 heavy (non-hydrogen) atoms. The summed E-state index contributed by atoms with van der Waals surface area (Å²) >= 11 is 4.64. The lowest BCUT2D eigenvalue weighted by Gasteiger charge is -2.51. The Bertz CT molecular complexity index is 686. The van der Waals surface area contributed by atoms with Crippen LogP contribution in [0.1, 0.15) is 37.8 Å². The van der Waals surface area contributed by atoms with Crippen molar-refractivity contribution in [1.82, 2.24) is 0 Å². The molecule has 2 rings (SSSR count). The third kappa shape index (κ3) is 3.14. The molecule has 0 bridgehead atoms. The van der Waals surface area contributed by atoms with Gasteiger partial charge in [0.25, 0.3) is 0 Å². The minimum absolute atomic E-state index is 0.225. The van der Waals surface area contributed by atoms with E-state index < -0.39 is 28.3 Å². The molecule has 0 aliphatic rings. The highest BCUT2D eigenvalue weighted by molar-refractivity contribution is 7.81. The number of benzene rings is 2. The quantitative estimate of drug-likeness (QED) is 0.599. The monoisotopic (exact) mass is 375 g/mol. The predicted molar refractivity (Wildman–Crippen MR) is 106 cm³/mol. The lowest BCUT2D eigenvalue weighted by Crippen LogP contribution is -2.62. The summed E-state index contributed by atoms with van der Waals surface area (Å²) < 4.78 is 17.2. The Kier molecular flexibility index (Phi) is 6.48. The van der Waals surface area contributed by atoms with E-state index in [1.165, 1.54) is 0 Å². The van der Waals surface area contributed by atoms with Crippen molar-refractivity contribution in [2.75, 3.05) is 0 Å². The van der Waals surface area contributed by atoms with Gasteiger partial charge in [-0.2, -0.15) is 12.6 Å². The SMILES string of the molecule is CC[C@H](S)C(CC)(C(N)C(=O)O)C(F)(c1ccccc1)c1ccccc1. The van der Waals surface area contributed by atoms with Crippen LogP contribution in [0.2, 0.25) is 0 Å². The van der Waals surface area contributed by atoms with E-state index in [1.807, 2.05) is 6.92 Å². The molecule has 0 aromatic heterocycles. The Labute approximate surface area is 159 Å². The number of thiol groups is 1. The predicted octanol–water partition coefficient (Wildman–Crippen LogP) is 4.42. The van der Waals surface area contributed by atoms with Gasteiger partial charge in [-0.05, 0) is 24.0 Å². The zero-order valence-electron chi connectivity index (χ0n) is 15.1. The van der Waals surface area contributed by atoms with Crippen molar-refractivity contribution < 1.29 is 14.3 Å². The van der Waals surface area contributed by atoms with Gasteiger partial charge in [0.05, 0.1) is 5.41 Å². The van der Waals surface area contributed by atoms with Crippen LogP contribution in [0.15, 0.2) is 60.7 Å². The molecular formula is C21H26FNO2S. The number of carboxylic acids is 1. The van der Waals surface area contributed by atoms with Crippen LogP contribution in [0, 0.1) is 5.41 Å². The molecule has 2 aromatic carbocycles. The molecule has 0 radical (unpaired) electrons. The van der Waals surface area contributed by atoms with E-state index in [0.29, 0.717) is 17.5 Å². The van der Waals surface area contributed by atoms with Gasteiger partial charge >= 0.3 is 5.97 Å². The van der Waals surface area contributed by atoms with Gasteiger partial charge in [-0.3, -0.25) is 4.79 Å². The fourth-order valence-corrected chi connectivity index (χ4v) is 4.50. The standard InChI is InChI=1S/C21H26FNO2S/c1-3-17(26)20(4-2,18(23)19(24)25)21(22,15-11-7-5-8-12-15)16-13-9-6-10-14-16/h5-14,17-18,26H,3-4,23H2,1-2H3,(H,24,25)/t17-,18?,20?/m0/s1. The second-order valence-corrected chi connectivity index (χ2v) is 7.15.